The lowest BCUT2D eigenvalue weighted by Gasteiger charge is -2.22. The molecule has 0 aliphatic carbocycles. The molecule has 0 aromatic heterocycles. The molecular weight excluding hydrogens is 661 g/mol. The van der Waals surface area contributed by atoms with Gasteiger partial charge in [0.05, 0.1) is 43.3 Å². The fourth-order valence-electron chi connectivity index (χ4n) is 3.68. The van der Waals surface area contributed by atoms with Gasteiger partial charge in [0.25, 0.3) is 5.91 Å². The van der Waals surface area contributed by atoms with E-state index in [2.05, 4.69) is 26.3 Å². The van der Waals surface area contributed by atoms with Gasteiger partial charge in [0.1, 0.15) is 0 Å². The van der Waals surface area contributed by atoms with Crippen LogP contribution in [0.4, 0.5) is 45.2 Å². The largest absolute Gasteiger partial charge is 0.490 e. The Morgan fingerprint density at radius 2 is 1.55 bits per heavy atom. The maximum absolute atomic E-state index is 13.3. The van der Waals surface area contributed by atoms with Crippen LogP contribution in [0.15, 0.2) is 47.5 Å². The number of esters is 1. The molecule has 20 heteroatoms. The van der Waals surface area contributed by atoms with Gasteiger partial charge in [0.15, 0.2) is 5.96 Å². The quantitative estimate of drug-likeness (QED) is 0.193. The molecule has 258 valence electrons. The number of nitrogens with zero attached hydrogens (tertiary/aromatic N) is 1. The molecule has 2 amide bonds. The second-order valence-corrected chi connectivity index (χ2v) is 9.32. The van der Waals surface area contributed by atoms with E-state index < -0.39 is 78.0 Å². The van der Waals surface area contributed by atoms with E-state index in [4.69, 9.17) is 14.6 Å². The summed E-state index contributed by atoms with van der Waals surface area (Å²) in [5.74, 6) is -4.85. The average molecular weight is 688 g/mol. The number of rotatable bonds is 9. The molecule has 0 radical (unpaired) electrons. The Kier molecular flexibility index (Phi) is 13.0. The number of amides is 2. The van der Waals surface area contributed by atoms with Crippen LogP contribution in [-0.2, 0) is 31.5 Å². The van der Waals surface area contributed by atoms with Gasteiger partial charge in [-0.05, 0) is 48.9 Å². The van der Waals surface area contributed by atoms with E-state index in [-0.39, 0.29) is 18.2 Å². The first-order valence-electron chi connectivity index (χ1n) is 13.2. The molecule has 0 saturated heterocycles. The van der Waals surface area contributed by atoms with Crippen LogP contribution in [0.25, 0.3) is 0 Å². The first-order chi connectivity index (χ1) is 21.7. The van der Waals surface area contributed by atoms with Crippen LogP contribution in [0.1, 0.15) is 46.4 Å². The Balaban J connectivity index is 0.000000984. The predicted molar refractivity (Wildman–Crippen MR) is 145 cm³/mol. The van der Waals surface area contributed by atoms with E-state index in [1.807, 2.05) is 0 Å². The van der Waals surface area contributed by atoms with Crippen molar-refractivity contribution in [2.75, 3.05) is 31.6 Å². The van der Waals surface area contributed by atoms with E-state index in [0.717, 1.165) is 0 Å². The molecule has 0 fully saturated rings. The van der Waals surface area contributed by atoms with Crippen LogP contribution in [0.2, 0.25) is 0 Å². The minimum atomic E-state index is -5.13. The molecular formula is C27H26F9N5O6. The highest BCUT2D eigenvalue weighted by atomic mass is 19.4. The number of nitrogens with one attached hydrogen (secondary N) is 4. The summed E-state index contributed by atoms with van der Waals surface area (Å²) in [6.07, 6.45) is -16.1. The topological polar surface area (TPSA) is 158 Å². The minimum absolute atomic E-state index is 0.0642. The van der Waals surface area contributed by atoms with Gasteiger partial charge in [0, 0.05) is 17.8 Å². The van der Waals surface area contributed by atoms with Crippen molar-refractivity contribution in [3.05, 3.63) is 64.7 Å². The predicted octanol–water partition coefficient (Wildman–Crippen LogP) is 4.27. The molecule has 1 heterocycles. The van der Waals surface area contributed by atoms with Crippen LogP contribution < -0.4 is 21.3 Å². The third kappa shape index (κ3) is 12.7. The highest BCUT2D eigenvalue weighted by Gasteiger charge is 2.39. The zero-order valence-corrected chi connectivity index (χ0v) is 24.0. The van der Waals surface area contributed by atoms with Gasteiger partial charge in [-0.15, -0.1) is 0 Å². The number of alkyl halides is 9. The third-order valence-corrected chi connectivity index (χ3v) is 5.74. The molecule has 3 rings (SSSR count). The summed E-state index contributed by atoms with van der Waals surface area (Å²) < 4.78 is 117. The molecule has 0 saturated carbocycles. The molecule has 0 spiro atoms. The number of benzene rings is 2. The number of hydrogen-bond donors (Lipinski definition) is 5. The molecule has 2 aromatic rings. The summed E-state index contributed by atoms with van der Waals surface area (Å²) in [5.41, 5.74) is -3.14. The fraction of sp³-hybridized carbons (Fsp3) is 0.370. The summed E-state index contributed by atoms with van der Waals surface area (Å²) in [6, 6.07) is 5.36. The average Bonchev–Trinajstić information content (AvgIpc) is 3.47. The molecule has 1 aliphatic rings. The Morgan fingerprint density at radius 3 is 2.04 bits per heavy atom. The monoisotopic (exact) mass is 687 g/mol. The zero-order chi connectivity index (χ0) is 35.6. The van der Waals surface area contributed by atoms with Gasteiger partial charge in [0.2, 0.25) is 5.91 Å². The SMILES string of the molecule is CCOC(=O)CC(NC(=O)CNC(=O)c1cccc(NC2=NCCN2)c1)c1cc(C(F)(F)F)cc(C(F)(F)F)c1.O=C(O)C(F)(F)F. The van der Waals surface area contributed by atoms with Crippen molar-refractivity contribution >= 4 is 35.4 Å². The second-order valence-electron chi connectivity index (χ2n) is 9.32. The third-order valence-electron chi connectivity index (χ3n) is 5.74. The van der Waals surface area contributed by atoms with Crippen molar-refractivity contribution in [1.82, 2.24) is 16.0 Å². The van der Waals surface area contributed by atoms with Crippen LogP contribution in [0, 0.1) is 0 Å². The standard InChI is InChI=1S/C25H25F6N5O4.C2HF3O2/c1-2-40-21(38)12-19(15-8-16(24(26,27)28)11-17(9-15)25(29,30)31)36-20(37)13-34-22(39)14-4-3-5-18(10-14)35-23-32-6-7-33-23;3-2(4,5)1(6)7/h3-5,8-11,19H,2,6-7,12-13H2,1H3,(H,34,39)(H,36,37)(H2,32,33,35);(H,6,7). The van der Waals surface area contributed by atoms with Crippen molar-refractivity contribution in [2.45, 2.75) is 37.9 Å². The van der Waals surface area contributed by atoms with Gasteiger partial charge < -0.3 is 31.1 Å². The van der Waals surface area contributed by atoms with Crippen LogP contribution in [0.5, 0.6) is 0 Å². The van der Waals surface area contributed by atoms with Crippen LogP contribution in [0.3, 0.4) is 0 Å². The number of anilines is 1. The van der Waals surface area contributed by atoms with E-state index in [1.165, 1.54) is 19.1 Å². The number of aliphatic carboxylic acids is 1. The molecule has 2 aromatic carbocycles. The van der Waals surface area contributed by atoms with Crippen LogP contribution >= 0.6 is 0 Å². The van der Waals surface area contributed by atoms with Gasteiger partial charge >= 0.3 is 30.5 Å². The molecule has 1 atom stereocenters. The van der Waals surface area contributed by atoms with Crippen molar-refractivity contribution in [3.63, 3.8) is 0 Å². The number of carbonyl (C=O) groups is 4. The number of aliphatic imine (C=N–C) groups is 1. The van der Waals surface area contributed by atoms with E-state index in [1.54, 1.807) is 12.1 Å². The Hall–Kier alpha value is -5.04. The van der Waals surface area contributed by atoms with Crippen molar-refractivity contribution in [1.29, 1.82) is 0 Å². The highest BCUT2D eigenvalue weighted by Crippen LogP contribution is 2.38. The number of carboxylic acids is 1. The lowest BCUT2D eigenvalue weighted by atomic mass is 9.97. The second kappa shape index (κ2) is 16.0. The molecule has 11 nitrogen and oxygen atoms in total. The Labute approximate surface area is 259 Å². The molecule has 1 aliphatic heterocycles. The fourth-order valence-corrected chi connectivity index (χ4v) is 3.68. The molecule has 1 unspecified atom stereocenters. The highest BCUT2D eigenvalue weighted by molar-refractivity contribution is 5.99. The summed E-state index contributed by atoms with van der Waals surface area (Å²) >= 11 is 0. The summed E-state index contributed by atoms with van der Waals surface area (Å²) in [6.45, 7) is 1.91. The summed E-state index contributed by atoms with van der Waals surface area (Å²) in [5, 5.41) is 17.6. The van der Waals surface area contributed by atoms with Crippen molar-refractivity contribution < 1.29 is 68.5 Å². The van der Waals surface area contributed by atoms with Gasteiger partial charge in [-0.3, -0.25) is 19.4 Å². The Morgan fingerprint density at radius 1 is 0.957 bits per heavy atom. The van der Waals surface area contributed by atoms with Gasteiger partial charge in [-0.1, -0.05) is 6.07 Å². The number of hydrogen-bond acceptors (Lipinski definition) is 8. The molecule has 47 heavy (non-hydrogen) atoms. The minimum Gasteiger partial charge on any atom is -0.475 e. The lowest BCUT2D eigenvalue weighted by Crippen LogP contribution is -2.39. The first-order valence-corrected chi connectivity index (χ1v) is 13.2. The van der Waals surface area contributed by atoms with E-state index in [0.29, 0.717) is 36.9 Å². The smallest absolute Gasteiger partial charge is 0.475 e. The summed E-state index contributed by atoms with van der Waals surface area (Å²) in [4.78, 5) is 50.3. The number of ether oxygens (including phenoxy) is 1. The maximum Gasteiger partial charge on any atom is 0.490 e. The zero-order valence-electron chi connectivity index (χ0n) is 24.0. The normalized spacial score (nSPS) is 13.6. The maximum atomic E-state index is 13.3. The number of carbonyl (C=O) groups excluding carboxylic acids is 3. The Bertz CT molecular complexity index is 1440. The van der Waals surface area contributed by atoms with Gasteiger partial charge in [-0.25, -0.2) is 4.79 Å². The molecule has 0 bridgehead atoms. The number of guanidine groups is 1. The van der Waals surface area contributed by atoms with Crippen LogP contribution in [-0.4, -0.2) is 67.2 Å². The summed E-state index contributed by atoms with van der Waals surface area (Å²) in [7, 11) is 0. The number of halogens is 9. The van der Waals surface area contributed by atoms with E-state index >= 15 is 0 Å². The number of carboxylic acid groups (broad SMARTS) is 1. The first kappa shape index (κ1) is 38.1. The van der Waals surface area contributed by atoms with E-state index in [9.17, 15) is 53.9 Å². The van der Waals surface area contributed by atoms with Crippen molar-refractivity contribution in [2.24, 2.45) is 4.99 Å². The lowest BCUT2D eigenvalue weighted by molar-refractivity contribution is -0.192. The molecule has 5 N–H and O–H groups in total. The van der Waals surface area contributed by atoms with Gasteiger partial charge in [-0.2, -0.15) is 39.5 Å². The van der Waals surface area contributed by atoms with Crippen molar-refractivity contribution in [3.8, 4) is 0 Å².